The van der Waals surface area contributed by atoms with Crippen LogP contribution in [0.2, 0.25) is 0 Å². The maximum absolute atomic E-state index is 15.4. The highest BCUT2D eigenvalue weighted by Gasteiger charge is 2.40. The fraction of sp³-hybridized carbons (Fsp3) is 0.444. The lowest BCUT2D eigenvalue weighted by Crippen LogP contribution is -2.61. The van der Waals surface area contributed by atoms with Crippen LogP contribution < -0.4 is 19.7 Å². The molecule has 0 aliphatic carbocycles. The number of nitrogens with zero attached hydrogens (tertiary/aromatic N) is 3. The summed E-state index contributed by atoms with van der Waals surface area (Å²) in [6.07, 6.45) is -0.656. The number of hydrogen-bond acceptors (Lipinski definition) is 9. The Kier molecular flexibility index (Phi) is 9.29. The monoisotopic (exact) mass is 636 g/mol. The number of phenols is 1. The lowest BCUT2D eigenvalue weighted by Gasteiger charge is -2.41. The number of hydrogen-bond donors (Lipinski definition) is 5. The van der Waals surface area contributed by atoms with E-state index in [9.17, 15) is 42.6 Å². The summed E-state index contributed by atoms with van der Waals surface area (Å²) >= 11 is 0. The highest BCUT2D eigenvalue weighted by molar-refractivity contribution is 7.92. The molecule has 15 nitrogen and oxygen atoms in total. The van der Waals surface area contributed by atoms with Gasteiger partial charge >= 0.3 is 16.3 Å². The van der Waals surface area contributed by atoms with E-state index >= 15 is 4.39 Å². The largest absolute Gasteiger partial charge is 0.506 e. The van der Waals surface area contributed by atoms with Crippen LogP contribution in [0.1, 0.15) is 40.0 Å². The molecule has 2 aromatic rings. The Labute approximate surface area is 252 Å². The van der Waals surface area contributed by atoms with Gasteiger partial charge in [0.25, 0.3) is 5.91 Å². The predicted octanol–water partition coefficient (Wildman–Crippen LogP) is 1.08. The topological polar surface area (TPSA) is 206 Å². The van der Waals surface area contributed by atoms with Gasteiger partial charge < -0.3 is 15.5 Å². The summed E-state index contributed by atoms with van der Waals surface area (Å²) in [5.74, 6) is -4.32. The zero-order chi connectivity index (χ0) is 32.5. The molecule has 2 aromatic carbocycles. The number of anilines is 2. The quantitative estimate of drug-likeness (QED) is 0.235. The summed E-state index contributed by atoms with van der Waals surface area (Å²) in [6, 6.07) is 2.86. The van der Waals surface area contributed by atoms with Crippen LogP contribution in [0, 0.1) is 5.82 Å². The van der Waals surface area contributed by atoms with Crippen molar-refractivity contribution in [2.24, 2.45) is 0 Å². The Morgan fingerprint density at radius 3 is 2.45 bits per heavy atom. The van der Waals surface area contributed by atoms with Gasteiger partial charge in [-0.2, -0.15) is 8.42 Å². The van der Waals surface area contributed by atoms with Crippen molar-refractivity contribution in [2.45, 2.75) is 58.2 Å². The van der Waals surface area contributed by atoms with Gasteiger partial charge in [0.2, 0.25) is 17.7 Å². The van der Waals surface area contributed by atoms with E-state index < -0.39 is 81.9 Å². The fourth-order valence-corrected chi connectivity index (χ4v) is 6.64. The molecule has 2 fully saturated rings. The Morgan fingerprint density at radius 2 is 1.86 bits per heavy atom. The second-order valence-electron chi connectivity index (χ2n) is 10.7. The van der Waals surface area contributed by atoms with Crippen LogP contribution >= 0.6 is 0 Å². The number of carboxylic acid groups (broad SMARTS) is 1. The van der Waals surface area contributed by atoms with Crippen molar-refractivity contribution in [3.05, 3.63) is 30.1 Å². The van der Waals surface area contributed by atoms with E-state index in [0.717, 1.165) is 11.0 Å². The van der Waals surface area contributed by atoms with Crippen LogP contribution in [0.15, 0.2) is 24.3 Å². The number of nitrogens with one attached hydrogen (secondary N) is 3. The van der Waals surface area contributed by atoms with Crippen molar-refractivity contribution in [2.75, 3.05) is 29.3 Å². The van der Waals surface area contributed by atoms with Gasteiger partial charge in [0.1, 0.15) is 24.0 Å². The lowest BCUT2D eigenvalue weighted by molar-refractivity contribution is -0.138. The maximum Gasteiger partial charge on any atom is 0.408 e. The van der Waals surface area contributed by atoms with Gasteiger partial charge in [-0.25, -0.2) is 18.2 Å². The molecule has 17 heteroatoms. The molecule has 0 saturated carbocycles. The van der Waals surface area contributed by atoms with Crippen LogP contribution in [-0.4, -0.2) is 95.9 Å². The summed E-state index contributed by atoms with van der Waals surface area (Å²) in [4.78, 5) is 63.6. The number of rotatable bonds is 10. The van der Waals surface area contributed by atoms with Gasteiger partial charge in [-0.15, -0.1) is 0 Å². The molecule has 238 valence electrons. The number of aromatic hydroxyl groups is 1. The summed E-state index contributed by atoms with van der Waals surface area (Å²) in [5.41, 5.74) is -0.439. The first-order valence-corrected chi connectivity index (χ1v) is 15.3. The SMILES string of the molecule is CCCN(CC(=O)Nc1ccc2c(F)c(N3CC(=O)NS3(=O)=O)c(O)cc2c1)[C@H](C)C(C)N(C(=O)O)C1CCC(=O)NC1=O. The third-order valence-corrected chi connectivity index (χ3v) is 9.10. The van der Waals surface area contributed by atoms with E-state index in [1.807, 2.05) is 6.92 Å². The molecule has 5 amide bonds. The second kappa shape index (κ2) is 12.6. The molecule has 2 aliphatic rings. The smallest absolute Gasteiger partial charge is 0.408 e. The number of imide groups is 1. The highest BCUT2D eigenvalue weighted by atomic mass is 32.2. The Bertz CT molecular complexity index is 1640. The normalized spacial score (nSPS) is 19.4. The molecule has 2 unspecified atom stereocenters. The minimum absolute atomic E-state index is 0.00531. The second-order valence-corrected chi connectivity index (χ2v) is 12.3. The summed E-state index contributed by atoms with van der Waals surface area (Å²) < 4.78 is 41.9. The zero-order valence-corrected chi connectivity index (χ0v) is 25.0. The van der Waals surface area contributed by atoms with Gasteiger partial charge in [-0.1, -0.05) is 6.92 Å². The molecule has 0 aromatic heterocycles. The minimum atomic E-state index is -4.38. The van der Waals surface area contributed by atoms with Crippen molar-refractivity contribution >= 4 is 62.1 Å². The van der Waals surface area contributed by atoms with Gasteiger partial charge in [0.15, 0.2) is 5.82 Å². The van der Waals surface area contributed by atoms with Crippen molar-refractivity contribution in [1.29, 1.82) is 0 Å². The van der Waals surface area contributed by atoms with Crippen molar-refractivity contribution in [3.8, 4) is 5.75 Å². The standard InChI is InChI=1S/C27H33FN6O9S/c1-4-9-32(14(2)15(3)34(27(40)41)19-7-8-21(36)30-26(19)39)12-22(37)29-17-5-6-18-16(10-17)11-20(35)25(24(18)28)33-13-23(38)31-44(33,42)43/h5-6,10-11,14-15,19,35H,4,7-9,12-13H2,1-3H3,(H,29,37)(H,31,38)(H,40,41)(H,30,36,39)/t14-,15?,19?/m1/s1. The molecule has 2 heterocycles. The molecule has 2 aliphatic heterocycles. The van der Waals surface area contributed by atoms with Crippen molar-refractivity contribution in [1.82, 2.24) is 19.8 Å². The summed E-state index contributed by atoms with van der Waals surface area (Å²) in [5, 5.41) is 25.3. The lowest BCUT2D eigenvalue weighted by atomic mass is 10.00. The molecular weight excluding hydrogens is 603 g/mol. The van der Waals surface area contributed by atoms with Gasteiger partial charge in [0, 0.05) is 29.6 Å². The number of piperidine rings is 1. The number of halogens is 1. The number of carbonyl (C=O) groups is 5. The van der Waals surface area contributed by atoms with E-state index in [1.54, 1.807) is 23.5 Å². The minimum Gasteiger partial charge on any atom is -0.506 e. The average molecular weight is 637 g/mol. The molecule has 0 bridgehead atoms. The predicted molar refractivity (Wildman–Crippen MR) is 155 cm³/mol. The number of amides is 5. The third-order valence-electron chi connectivity index (χ3n) is 7.72. The molecular formula is C27H33FN6O9S. The van der Waals surface area contributed by atoms with Crippen LogP contribution in [0.3, 0.4) is 0 Å². The number of fused-ring (bicyclic) bond motifs is 1. The Hall–Kier alpha value is -4.51. The molecule has 2 saturated heterocycles. The Morgan fingerprint density at radius 1 is 1.16 bits per heavy atom. The van der Waals surface area contributed by atoms with Crippen LogP contribution in [0.25, 0.3) is 10.8 Å². The van der Waals surface area contributed by atoms with Crippen molar-refractivity contribution < 1.29 is 47.0 Å². The first-order chi connectivity index (χ1) is 20.6. The van der Waals surface area contributed by atoms with Gasteiger partial charge in [-0.3, -0.25) is 34.3 Å². The van der Waals surface area contributed by atoms with E-state index in [4.69, 9.17) is 0 Å². The highest BCUT2D eigenvalue weighted by Crippen LogP contribution is 2.39. The van der Waals surface area contributed by atoms with E-state index in [-0.39, 0.29) is 35.8 Å². The molecule has 4 rings (SSSR count). The van der Waals surface area contributed by atoms with Crippen LogP contribution in [0.5, 0.6) is 5.75 Å². The van der Waals surface area contributed by atoms with E-state index in [0.29, 0.717) is 17.3 Å². The first kappa shape index (κ1) is 32.4. The average Bonchev–Trinajstić information content (AvgIpc) is 3.20. The molecule has 0 spiro atoms. The molecule has 0 radical (unpaired) electrons. The first-order valence-electron chi connectivity index (χ1n) is 13.8. The van der Waals surface area contributed by atoms with E-state index in [2.05, 4.69) is 10.6 Å². The zero-order valence-electron chi connectivity index (χ0n) is 24.2. The van der Waals surface area contributed by atoms with Crippen molar-refractivity contribution in [3.63, 3.8) is 0 Å². The number of phenolic OH excluding ortho intramolecular Hbond substituents is 1. The maximum atomic E-state index is 15.4. The number of carbonyl (C=O) groups excluding carboxylic acids is 4. The van der Waals surface area contributed by atoms with Gasteiger partial charge in [-0.05, 0) is 62.9 Å². The van der Waals surface area contributed by atoms with E-state index in [1.165, 1.54) is 18.2 Å². The molecule has 5 N–H and O–H groups in total. The number of benzene rings is 2. The summed E-state index contributed by atoms with van der Waals surface area (Å²) in [6.45, 7) is 4.80. The van der Waals surface area contributed by atoms with Gasteiger partial charge in [0.05, 0.1) is 6.54 Å². The van der Waals surface area contributed by atoms with Crippen LogP contribution in [-0.2, 0) is 29.4 Å². The molecule has 44 heavy (non-hydrogen) atoms. The molecule has 3 atom stereocenters. The Balaban J connectivity index is 1.51. The van der Waals surface area contributed by atoms with Crippen LogP contribution in [0.4, 0.5) is 20.6 Å². The summed E-state index contributed by atoms with van der Waals surface area (Å²) in [7, 11) is -4.38. The fourth-order valence-electron chi connectivity index (χ4n) is 5.47. The third kappa shape index (κ3) is 6.52.